The van der Waals surface area contributed by atoms with E-state index in [9.17, 15) is 18.3 Å². The lowest BCUT2D eigenvalue weighted by Crippen LogP contribution is -2.46. The Morgan fingerprint density at radius 3 is 2.17 bits per heavy atom. The number of benzene rings is 3. The molecule has 248 valence electrons. The Balaban J connectivity index is 1.54. The third-order valence-electron chi connectivity index (χ3n) is 8.41. The number of hydrogen-bond donors (Lipinski definition) is 2. The molecule has 1 aliphatic rings. The third kappa shape index (κ3) is 8.53. The van der Waals surface area contributed by atoms with Gasteiger partial charge in [0.2, 0.25) is 10.0 Å². The molecule has 1 aromatic heterocycles. The van der Waals surface area contributed by atoms with Crippen molar-refractivity contribution >= 4 is 16.0 Å². The van der Waals surface area contributed by atoms with E-state index in [2.05, 4.69) is 9.62 Å². The second-order valence-electron chi connectivity index (χ2n) is 13.5. The number of pyridine rings is 1. The molecule has 3 aromatic carbocycles. The average Bonchev–Trinajstić information content (AvgIpc) is 3.00. The van der Waals surface area contributed by atoms with Crippen LogP contribution in [0.2, 0.25) is 0 Å². The second-order valence-corrected chi connectivity index (χ2v) is 15.2. The van der Waals surface area contributed by atoms with E-state index in [1.165, 1.54) is 0 Å². The van der Waals surface area contributed by atoms with Crippen LogP contribution >= 0.6 is 0 Å². The molecule has 2 heterocycles. The fourth-order valence-electron chi connectivity index (χ4n) is 6.23. The molecule has 2 N–H and O–H groups in total. The van der Waals surface area contributed by atoms with E-state index in [0.29, 0.717) is 43.7 Å². The maximum absolute atomic E-state index is 13.6. The zero-order valence-electron chi connectivity index (χ0n) is 28.1. The highest BCUT2D eigenvalue weighted by Crippen LogP contribution is 2.40. The third-order valence-corrected chi connectivity index (χ3v) is 9.95. The first-order valence-corrected chi connectivity index (χ1v) is 17.5. The lowest BCUT2D eigenvalue weighted by atomic mass is 9.87. The zero-order valence-corrected chi connectivity index (χ0v) is 28.9. The predicted octanol–water partition coefficient (Wildman–Crippen LogP) is 6.56. The van der Waals surface area contributed by atoms with Gasteiger partial charge in [0.1, 0.15) is 0 Å². The number of hydrogen-bond acceptors (Lipinski definition) is 6. The Bertz CT molecular complexity index is 1820. The van der Waals surface area contributed by atoms with E-state index >= 15 is 0 Å². The smallest absolute Gasteiger partial charge is 0.337 e. The molecule has 1 unspecified atom stereocenters. The molecule has 5 rings (SSSR count). The molecule has 4 aromatic rings. The van der Waals surface area contributed by atoms with Crippen LogP contribution in [0.25, 0.3) is 11.1 Å². The molecule has 1 aliphatic heterocycles. The fourth-order valence-corrected chi connectivity index (χ4v) is 7.46. The normalized spacial score (nSPS) is 15.2. The second kappa shape index (κ2) is 14.1. The quantitative estimate of drug-likeness (QED) is 0.188. The lowest BCUT2D eigenvalue weighted by molar-refractivity contribution is -0.160. The molecule has 2 atom stereocenters. The van der Waals surface area contributed by atoms with Crippen molar-refractivity contribution in [3.63, 3.8) is 0 Å². The molecular formula is C38H45N3O5S. The summed E-state index contributed by atoms with van der Waals surface area (Å²) in [7, 11) is -3.78. The Morgan fingerprint density at radius 2 is 1.57 bits per heavy atom. The van der Waals surface area contributed by atoms with Crippen LogP contribution in [0.15, 0.2) is 83.8 Å². The Hall–Kier alpha value is -3.89. The van der Waals surface area contributed by atoms with Crippen molar-refractivity contribution in [3.05, 3.63) is 118 Å². The molecule has 9 heteroatoms. The van der Waals surface area contributed by atoms with Gasteiger partial charge < -0.3 is 9.84 Å². The zero-order chi connectivity index (χ0) is 33.9. The molecule has 0 aliphatic carbocycles. The number of fused-ring (bicyclic) bond motifs is 1. The molecule has 0 amide bonds. The van der Waals surface area contributed by atoms with E-state index in [1.807, 2.05) is 96.1 Å². The predicted molar refractivity (Wildman–Crippen MR) is 185 cm³/mol. The summed E-state index contributed by atoms with van der Waals surface area (Å²) < 4.78 is 36.3. The number of aromatic nitrogens is 1. The number of nitrogens with zero attached hydrogens (tertiary/aromatic N) is 2. The highest BCUT2D eigenvalue weighted by atomic mass is 32.2. The summed E-state index contributed by atoms with van der Waals surface area (Å²) in [6, 6.07) is 24.4. The van der Waals surface area contributed by atoms with E-state index in [0.717, 1.165) is 39.1 Å². The summed E-state index contributed by atoms with van der Waals surface area (Å²) in [5.41, 5.74) is 7.21. The summed E-state index contributed by atoms with van der Waals surface area (Å²) >= 11 is 0. The van der Waals surface area contributed by atoms with Gasteiger partial charge in [-0.2, -0.15) is 0 Å². The van der Waals surface area contributed by atoms with Gasteiger partial charge in [-0.15, -0.1) is 0 Å². The van der Waals surface area contributed by atoms with Crippen LogP contribution < -0.4 is 4.72 Å². The van der Waals surface area contributed by atoms with Gasteiger partial charge in [-0.05, 0) is 82.3 Å². The van der Waals surface area contributed by atoms with Crippen LogP contribution in [-0.4, -0.2) is 54.1 Å². The maximum Gasteiger partial charge on any atom is 0.337 e. The molecule has 0 fully saturated rings. The topological polar surface area (TPSA) is 109 Å². The Morgan fingerprint density at radius 1 is 0.957 bits per heavy atom. The maximum atomic E-state index is 13.6. The van der Waals surface area contributed by atoms with E-state index in [-0.39, 0.29) is 4.90 Å². The van der Waals surface area contributed by atoms with Crippen LogP contribution in [0, 0.1) is 20.8 Å². The minimum atomic E-state index is -3.78. The highest BCUT2D eigenvalue weighted by Gasteiger charge is 2.35. The Labute approximate surface area is 278 Å². The molecule has 0 bridgehead atoms. The van der Waals surface area contributed by atoms with Gasteiger partial charge in [-0.3, -0.25) is 9.88 Å². The van der Waals surface area contributed by atoms with Crippen LogP contribution in [0.1, 0.15) is 66.1 Å². The fraction of sp³-hybridized carbons (Fsp3) is 0.368. The van der Waals surface area contributed by atoms with Crippen molar-refractivity contribution in [3.8, 4) is 11.1 Å². The van der Waals surface area contributed by atoms with Crippen molar-refractivity contribution in [2.45, 2.75) is 83.6 Å². The number of rotatable bonds is 11. The first-order chi connectivity index (χ1) is 22.2. The van der Waals surface area contributed by atoms with E-state index in [1.54, 1.807) is 24.3 Å². The minimum Gasteiger partial charge on any atom is -0.479 e. The number of carboxylic acid groups (broad SMARTS) is 1. The van der Waals surface area contributed by atoms with Gasteiger partial charge in [0.15, 0.2) is 6.10 Å². The van der Waals surface area contributed by atoms with Crippen LogP contribution in [-0.2, 0) is 38.9 Å². The summed E-state index contributed by atoms with van der Waals surface area (Å²) in [5.74, 6) is -1.07. The van der Waals surface area contributed by atoms with Gasteiger partial charge in [0.25, 0.3) is 0 Å². The highest BCUT2D eigenvalue weighted by molar-refractivity contribution is 7.89. The number of ether oxygens (including phenoxy) is 1. The molecule has 8 nitrogen and oxygen atoms in total. The van der Waals surface area contributed by atoms with Gasteiger partial charge in [0, 0.05) is 49.0 Å². The summed E-state index contributed by atoms with van der Waals surface area (Å²) in [4.78, 5) is 20.2. The summed E-state index contributed by atoms with van der Waals surface area (Å²) in [5, 5.41) is 10.4. The van der Waals surface area contributed by atoms with Gasteiger partial charge in [-0.1, -0.05) is 77.9 Å². The van der Waals surface area contributed by atoms with Crippen molar-refractivity contribution < 1.29 is 23.1 Å². The number of aliphatic carboxylic acids is 1. The first kappa shape index (κ1) is 34.4. The number of nitrogens with one attached hydrogen (secondary N) is 1. The molecule has 0 saturated heterocycles. The number of aryl methyl sites for hydroxylation is 3. The van der Waals surface area contributed by atoms with E-state index < -0.39 is 33.7 Å². The van der Waals surface area contributed by atoms with Crippen LogP contribution in [0.4, 0.5) is 0 Å². The number of carbonyl (C=O) groups is 1. The van der Waals surface area contributed by atoms with Crippen molar-refractivity contribution in [2.75, 3.05) is 13.1 Å². The molecule has 47 heavy (non-hydrogen) atoms. The number of sulfonamides is 1. The summed E-state index contributed by atoms with van der Waals surface area (Å²) in [6.45, 7) is 13.0. The minimum absolute atomic E-state index is 0.231. The monoisotopic (exact) mass is 655 g/mol. The Kier molecular flexibility index (Phi) is 10.3. The molecule has 0 spiro atoms. The summed E-state index contributed by atoms with van der Waals surface area (Å²) in [6.07, 6.45) is -0.0554. The number of carboxylic acids is 1. The van der Waals surface area contributed by atoms with Crippen LogP contribution in [0.5, 0.6) is 0 Å². The first-order valence-electron chi connectivity index (χ1n) is 16.1. The van der Waals surface area contributed by atoms with Gasteiger partial charge in [0.05, 0.1) is 10.5 Å². The molecule has 0 saturated carbocycles. The average molecular weight is 656 g/mol. The van der Waals surface area contributed by atoms with Gasteiger partial charge >= 0.3 is 5.97 Å². The standard InChI is InChI=1S/C38H45N3O5S/c1-25-12-16-29(17-13-25)35-32-24-41(21-20-33(32)39-27(3)34(35)36(37(42)43)46-38(4,5)6)23-30(22-28-10-8-7-9-11-28)40-47(44,45)31-18-14-26(2)15-19-31/h7-19,30,36,40H,20-24H2,1-6H3,(H,42,43)/t30-,36?/m0/s1. The van der Waals surface area contributed by atoms with E-state index in [4.69, 9.17) is 9.72 Å². The SMILES string of the molecule is Cc1ccc(-c2c3c(nc(C)c2C(OC(C)(C)C)C(=O)O)CCN(C[C@H](Cc2ccccc2)NS(=O)(=O)c2ccc(C)cc2)C3)cc1. The lowest BCUT2D eigenvalue weighted by Gasteiger charge is -2.35. The van der Waals surface area contributed by atoms with Crippen molar-refractivity contribution in [2.24, 2.45) is 0 Å². The van der Waals surface area contributed by atoms with Gasteiger partial charge in [-0.25, -0.2) is 17.9 Å². The van der Waals surface area contributed by atoms with Crippen LogP contribution in [0.3, 0.4) is 0 Å². The van der Waals surface area contributed by atoms with Crippen molar-refractivity contribution in [1.82, 2.24) is 14.6 Å². The molecule has 0 radical (unpaired) electrons. The molecular weight excluding hydrogens is 611 g/mol. The largest absolute Gasteiger partial charge is 0.479 e. The van der Waals surface area contributed by atoms with Crippen molar-refractivity contribution in [1.29, 1.82) is 0 Å².